The highest BCUT2D eigenvalue weighted by Crippen LogP contribution is 2.17. The number of piperazine rings is 1. The van der Waals surface area contributed by atoms with E-state index in [0.717, 1.165) is 23.8 Å². The molecule has 0 spiro atoms. The van der Waals surface area contributed by atoms with Gasteiger partial charge in [-0.05, 0) is 24.1 Å². The topological polar surface area (TPSA) is 83.6 Å². The Morgan fingerprint density at radius 3 is 2.68 bits per heavy atom. The van der Waals surface area contributed by atoms with E-state index in [1.54, 1.807) is 22.0 Å². The first-order chi connectivity index (χ1) is 15.1. The molecule has 1 aliphatic rings. The number of aliphatic imine (C=N–C) groups is 1. The van der Waals surface area contributed by atoms with Crippen molar-refractivity contribution < 1.29 is 4.79 Å². The molecule has 1 saturated heterocycles. The van der Waals surface area contributed by atoms with Crippen LogP contribution in [0.5, 0.6) is 0 Å². The van der Waals surface area contributed by atoms with Crippen molar-refractivity contribution >= 4 is 17.6 Å². The lowest BCUT2D eigenvalue weighted by Gasteiger charge is -2.35. The zero-order valence-corrected chi connectivity index (χ0v) is 18.0. The molecule has 0 bridgehead atoms. The molecule has 1 aliphatic heterocycles. The molecular weight excluding hydrogens is 392 g/mol. The molecule has 162 valence electrons. The van der Waals surface area contributed by atoms with Crippen LogP contribution in [0.1, 0.15) is 18.1 Å². The van der Waals surface area contributed by atoms with E-state index in [-0.39, 0.29) is 12.5 Å². The van der Waals surface area contributed by atoms with E-state index in [9.17, 15) is 4.79 Å². The second-order valence-electron chi connectivity index (χ2n) is 7.48. The molecule has 4 rings (SSSR count). The van der Waals surface area contributed by atoms with Gasteiger partial charge in [0.15, 0.2) is 5.96 Å². The third kappa shape index (κ3) is 4.93. The van der Waals surface area contributed by atoms with Crippen LogP contribution in [0.3, 0.4) is 0 Å². The van der Waals surface area contributed by atoms with Crippen molar-refractivity contribution in [3.63, 3.8) is 0 Å². The number of amides is 1. The summed E-state index contributed by atoms with van der Waals surface area (Å²) in [7, 11) is 1.85. The van der Waals surface area contributed by atoms with Crippen LogP contribution in [0.15, 0.2) is 60.1 Å². The van der Waals surface area contributed by atoms with Crippen LogP contribution in [0, 0.1) is 0 Å². The van der Waals surface area contributed by atoms with Crippen molar-refractivity contribution in [1.29, 1.82) is 0 Å². The van der Waals surface area contributed by atoms with Crippen molar-refractivity contribution in [2.24, 2.45) is 12.0 Å². The third-order valence-corrected chi connectivity index (χ3v) is 5.27. The molecule has 2 aromatic heterocycles. The summed E-state index contributed by atoms with van der Waals surface area (Å²) in [6.07, 6.45) is 7.33. The summed E-state index contributed by atoms with van der Waals surface area (Å²) in [6.45, 7) is 5.62. The molecule has 1 N–H and O–H groups in total. The lowest BCUT2D eigenvalue weighted by molar-refractivity contribution is -0.120. The maximum absolute atomic E-state index is 12.8. The maximum atomic E-state index is 12.8. The number of hydrogen-bond acceptors (Lipinski definition) is 4. The predicted molar refractivity (Wildman–Crippen MR) is 120 cm³/mol. The Morgan fingerprint density at radius 2 is 2.00 bits per heavy atom. The summed E-state index contributed by atoms with van der Waals surface area (Å²) in [5.41, 5.74) is 3.17. The van der Waals surface area contributed by atoms with Gasteiger partial charge >= 0.3 is 0 Å². The monoisotopic (exact) mass is 420 g/mol. The number of carbonyl (C=O) groups is 1. The van der Waals surface area contributed by atoms with Gasteiger partial charge in [-0.15, -0.1) is 0 Å². The molecule has 0 radical (unpaired) electrons. The molecular formula is C22H28N8O. The molecule has 1 amide bonds. The zero-order chi connectivity index (χ0) is 21.6. The number of anilines is 1. The van der Waals surface area contributed by atoms with E-state index in [4.69, 9.17) is 4.99 Å². The van der Waals surface area contributed by atoms with Crippen LogP contribution in [-0.2, 0) is 24.9 Å². The first kappa shape index (κ1) is 20.6. The summed E-state index contributed by atoms with van der Waals surface area (Å²) in [6, 6.07) is 10.2. The molecule has 1 fully saturated rings. The quantitative estimate of drug-likeness (QED) is 0.482. The van der Waals surface area contributed by atoms with E-state index in [2.05, 4.69) is 27.6 Å². The van der Waals surface area contributed by atoms with Crippen molar-refractivity contribution in [2.45, 2.75) is 20.0 Å². The average Bonchev–Trinajstić information content (AvgIpc) is 3.44. The Hall–Kier alpha value is -3.62. The molecule has 9 nitrogen and oxygen atoms in total. The Morgan fingerprint density at radius 1 is 1.16 bits per heavy atom. The lowest BCUT2D eigenvalue weighted by atomic mass is 10.1. The second kappa shape index (κ2) is 9.46. The van der Waals surface area contributed by atoms with Gasteiger partial charge in [0.05, 0.1) is 25.0 Å². The van der Waals surface area contributed by atoms with Gasteiger partial charge in [0, 0.05) is 45.3 Å². The van der Waals surface area contributed by atoms with Crippen LogP contribution in [0.2, 0.25) is 0 Å². The molecule has 0 aliphatic carbocycles. The van der Waals surface area contributed by atoms with Gasteiger partial charge in [-0.2, -0.15) is 10.2 Å². The van der Waals surface area contributed by atoms with E-state index < -0.39 is 0 Å². The Kier molecular flexibility index (Phi) is 6.30. The lowest BCUT2D eigenvalue weighted by Crippen LogP contribution is -2.55. The highest BCUT2D eigenvalue weighted by atomic mass is 16.2. The maximum Gasteiger partial charge on any atom is 0.246 e. The number of carbonyl (C=O) groups excluding carboxylic acids is 1. The number of rotatable bonds is 6. The van der Waals surface area contributed by atoms with E-state index in [1.165, 1.54) is 5.56 Å². The fourth-order valence-electron chi connectivity index (χ4n) is 3.70. The fraction of sp³-hybridized carbons (Fsp3) is 0.364. The van der Waals surface area contributed by atoms with Gasteiger partial charge in [0.25, 0.3) is 0 Å². The highest BCUT2D eigenvalue weighted by Gasteiger charge is 2.27. The number of aryl methyl sites for hydroxylation is 1. The standard InChI is InChI=1S/C22H28N8O/c1-3-23-22(28-11-12-30(21(31)17-28)20-14-26-27(2)16-20)24-13-18-7-4-5-8-19(18)15-29-10-6-9-25-29/h4-10,14,16H,3,11-13,15,17H2,1-2H3,(H,23,24). The first-order valence-electron chi connectivity index (χ1n) is 10.5. The van der Waals surface area contributed by atoms with Crippen LogP contribution in [-0.4, -0.2) is 62.5 Å². The van der Waals surface area contributed by atoms with Gasteiger partial charge in [-0.1, -0.05) is 24.3 Å². The largest absolute Gasteiger partial charge is 0.356 e. The Balaban J connectivity index is 1.46. The number of guanidine groups is 1. The number of nitrogens with zero attached hydrogens (tertiary/aromatic N) is 7. The zero-order valence-electron chi connectivity index (χ0n) is 18.0. The summed E-state index contributed by atoms with van der Waals surface area (Å²) in [5.74, 6) is 0.805. The molecule has 0 atom stereocenters. The van der Waals surface area contributed by atoms with Crippen LogP contribution in [0.25, 0.3) is 0 Å². The molecule has 0 saturated carbocycles. The van der Waals surface area contributed by atoms with Crippen LogP contribution < -0.4 is 10.2 Å². The van der Waals surface area contributed by atoms with Gasteiger partial charge in [-0.3, -0.25) is 14.2 Å². The number of aromatic nitrogens is 4. The Bertz CT molecular complexity index is 1040. The molecule has 1 aromatic carbocycles. The Labute approximate surface area is 182 Å². The second-order valence-corrected chi connectivity index (χ2v) is 7.48. The number of benzene rings is 1. The fourth-order valence-corrected chi connectivity index (χ4v) is 3.70. The van der Waals surface area contributed by atoms with Crippen molar-refractivity contribution in [3.05, 3.63) is 66.2 Å². The van der Waals surface area contributed by atoms with Gasteiger partial charge in [0.1, 0.15) is 6.54 Å². The summed E-state index contributed by atoms with van der Waals surface area (Å²) < 4.78 is 3.62. The molecule has 9 heteroatoms. The SMILES string of the molecule is CCNC(=NCc1ccccc1Cn1cccn1)N1CCN(c2cnn(C)c2)C(=O)C1. The minimum absolute atomic E-state index is 0.0453. The van der Waals surface area contributed by atoms with Crippen LogP contribution >= 0.6 is 0 Å². The molecule has 0 unspecified atom stereocenters. The number of nitrogens with one attached hydrogen (secondary N) is 1. The molecule has 3 aromatic rings. The number of hydrogen-bond donors (Lipinski definition) is 1. The normalized spacial score (nSPS) is 14.9. The summed E-state index contributed by atoms with van der Waals surface area (Å²) >= 11 is 0. The summed E-state index contributed by atoms with van der Waals surface area (Å²) in [5, 5.41) is 11.8. The van der Waals surface area contributed by atoms with Gasteiger partial charge < -0.3 is 15.1 Å². The van der Waals surface area contributed by atoms with Gasteiger partial charge in [0.2, 0.25) is 5.91 Å². The third-order valence-electron chi connectivity index (χ3n) is 5.27. The molecule has 3 heterocycles. The molecule has 31 heavy (non-hydrogen) atoms. The van der Waals surface area contributed by atoms with Crippen LogP contribution in [0.4, 0.5) is 5.69 Å². The highest BCUT2D eigenvalue weighted by molar-refractivity contribution is 5.98. The summed E-state index contributed by atoms with van der Waals surface area (Å²) in [4.78, 5) is 21.4. The predicted octanol–water partition coefficient (Wildman–Crippen LogP) is 1.48. The average molecular weight is 421 g/mol. The minimum atomic E-state index is 0.0453. The van der Waals surface area contributed by atoms with Crippen molar-refractivity contribution in [1.82, 2.24) is 29.8 Å². The van der Waals surface area contributed by atoms with E-state index >= 15 is 0 Å². The smallest absolute Gasteiger partial charge is 0.246 e. The van der Waals surface area contributed by atoms with Gasteiger partial charge in [-0.25, -0.2) is 4.99 Å². The first-order valence-corrected chi connectivity index (χ1v) is 10.5. The minimum Gasteiger partial charge on any atom is -0.356 e. The van der Waals surface area contributed by atoms with Crippen molar-refractivity contribution in [2.75, 3.05) is 31.1 Å². The van der Waals surface area contributed by atoms with E-state index in [1.807, 2.05) is 54.1 Å². The van der Waals surface area contributed by atoms with Crippen molar-refractivity contribution in [3.8, 4) is 0 Å². The van der Waals surface area contributed by atoms with E-state index in [0.29, 0.717) is 26.2 Å².